The van der Waals surface area contributed by atoms with Crippen LogP contribution in [0.15, 0.2) is 0 Å². The lowest BCUT2D eigenvalue weighted by molar-refractivity contribution is -0.146. The van der Waals surface area contributed by atoms with Gasteiger partial charge in [-0.2, -0.15) is 0 Å². The first kappa shape index (κ1) is 12.5. The number of piperidine rings is 1. The number of hydrogen-bond donors (Lipinski definition) is 2. The Morgan fingerprint density at radius 1 is 1.56 bits per heavy atom. The normalized spacial score (nSPS) is 19.8. The zero-order valence-electron chi connectivity index (χ0n) is 9.11. The smallest absolute Gasteiger partial charge is 0.323 e. The maximum absolute atomic E-state index is 12.0. The predicted octanol–water partition coefficient (Wildman–Crippen LogP) is -0.468. The molecular formula is C11H16N2O3. The van der Waals surface area contributed by atoms with Crippen LogP contribution < -0.4 is 5.32 Å². The van der Waals surface area contributed by atoms with Gasteiger partial charge in [-0.25, -0.2) is 0 Å². The average molecular weight is 224 g/mol. The standard InChI is InChI=1S/C11H16N2O3/c1-2-6-13(8-10(14)15)11(16)9-4-3-5-12-7-9/h1,9,12H,3-8H2,(H,14,15)/t9-/m0/s1. The molecule has 0 bridgehead atoms. The molecule has 5 nitrogen and oxygen atoms in total. The molecule has 0 unspecified atom stereocenters. The van der Waals surface area contributed by atoms with Crippen LogP contribution in [-0.4, -0.2) is 48.1 Å². The zero-order valence-corrected chi connectivity index (χ0v) is 9.11. The van der Waals surface area contributed by atoms with Gasteiger partial charge in [0.05, 0.1) is 12.5 Å². The van der Waals surface area contributed by atoms with Crippen molar-refractivity contribution in [3.05, 3.63) is 0 Å². The van der Waals surface area contributed by atoms with Gasteiger partial charge in [0, 0.05) is 6.54 Å². The molecule has 0 saturated carbocycles. The zero-order chi connectivity index (χ0) is 12.0. The Morgan fingerprint density at radius 3 is 2.81 bits per heavy atom. The van der Waals surface area contributed by atoms with E-state index < -0.39 is 5.97 Å². The minimum atomic E-state index is -1.03. The second-order valence-electron chi connectivity index (χ2n) is 3.84. The van der Waals surface area contributed by atoms with Crippen LogP contribution in [0.4, 0.5) is 0 Å². The second-order valence-corrected chi connectivity index (χ2v) is 3.84. The summed E-state index contributed by atoms with van der Waals surface area (Å²) in [5.74, 6) is 0.982. The van der Waals surface area contributed by atoms with E-state index in [1.807, 2.05) is 0 Å². The fourth-order valence-electron chi connectivity index (χ4n) is 1.81. The number of carbonyl (C=O) groups excluding carboxylic acids is 1. The molecule has 1 amide bonds. The van der Waals surface area contributed by atoms with Crippen molar-refractivity contribution in [3.63, 3.8) is 0 Å². The predicted molar refractivity (Wildman–Crippen MR) is 58.6 cm³/mol. The molecular weight excluding hydrogens is 208 g/mol. The molecule has 88 valence electrons. The van der Waals surface area contributed by atoms with Crippen molar-refractivity contribution in [2.75, 3.05) is 26.2 Å². The topological polar surface area (TPSA) is 69.6 Å². The van der Waals surface area contributed by atoms with Gasteiger partial charge >= 0.3 is 5.97 Å². The molecule has 0 aliphatic carbocycles. The van der Waals surface area contributed by atoms with Gasteiger partial charge in [-0.1, -0.05) is 5.92 Å². The summed E-state index contributed by atoms with van der Waals surface area (Å²) in [6.07, 6.45) is 6.86. The molecule has 0 aromatic heterocycles. The van der Waals surface area contributed by atoms with E-state index in [9.17, 15) is 9.59 Å². The minimum Gasteiger partial charge on any atom is -0.480 e. The molecule has 1 saturated heterocycles. The molecule has 0 aromatic carbocycles. The van der Waals surface area contributed by atoms with Crippen LogP contribution in [-0.2, 0) is 9.59 Å². The average Bonchev–Trinajstić information content (AvgIpc) is 2.28. The molecule has 1 fully saturated rings. The van der Waals surface area contributed by atoms with Crippen molar-refractivity contribution in [2.45, 2.75) is 12.8 Å². The van der Waals surface area contributed by atoms with Crippen LogP contribution in [0.25, 0.3) is 0 Å². The van der Waals surface area contributed by atoms with Crippen LogP contribution in [0.3, 0.4) is 0 Å². The van der Waals surface area contributed by atoms with Crippen LogP contribution in [0.5, 0.6) is 0 Å². The van der Waals surface area contributed by atoms with Crippen molar-refractivity contribution < 1.29 is 14.7 Å². The number of hydrogen-bond acceptors (Lipinski definition) is 3. The fourth-order valence-corrected chi connectivity index (χ4v) is 1.81. The van der Waals surface area contributed by atoms with Crippen molar-refractivity contribution >= 4 is 11.9 Å². The lowest BCUT2D eigenvalue weighted by Crippen LogP contribution is -2.45. The molecule has 0 spiro atoms. The first-order valence-corrected chi connectivity index (χ1v) is 5.30. The lowest BCUT2D eigenvalue weighted by atomic mass is 9.98. The number of terminal acetylenes is 1. The Morgan fingerprint density at radius 2 is 2.31 bits per heavy atom. The first-order chi connectivity index (χ1) is 7.65. The summed E-state index contributed by atoms with van der Waals surface area (Å²) in [7, 11) is 0. The van der Waals surface area contributed by atoms with Gasteiger partial charge in [0.2, 0.25) is 5.91 Å². The molecule has 5 heteroatoms. The summed E-state index contributed by atoms with van der Waals surface area (Å²) in [4.78, 5) is 23.8. The van der Waals surface area contributed by atoms with Crippen LogP contribution in [0.2, 0.25) is 0 Å². The van der Waals surface area contributed by atoms with E-state index in [-0.39, 0.29) is 24.9 Å². The maximum Gasteiger partial charge on any atom is 0.323 e. The van der Waals surface area contributed by atoms with E-state index in [4.69, 9.17) is 11.5 Å². The SMILES string of the molecule is C#CCN(CC(=O)O)C(=O)[C@H]1CCCNC1. The number of carbonyl (C=O) groups is 2. The number of amides is 1. The molecule has 2 N–H and O–H groups in total. The Balaban J connectivity index is 2.58. The van der Waals surface area contributed by atoms with E-state index in [0.717, 1.165) is 19.4 Å². The van der Waals surface area contributed by atoms with Crippen molar-refractivity contribution in [1.82, 2.24) is 10.2 Å². The third-order valence-electron chi connectivity index (χ3n) is 2.57. The monoisotopic (exact) mass is 224 g/mol. The summed E-state index contributed by atoms with van der Waals surface area (Å²) < 4.78 is 0. The summed E-state index contributed by atoms with van der Waals surface area (Å²) >= 11 is 0. The highest BCUT2D eigenvalue weighted by atomic mass is 16.4. The van der Waals surface area contributed by atoms with Crippen molar-refractivity contribution in [1.29, 1.82) is 0 Å². The molecule has 1 rings (SSSR count). The fraction of sp³-hybridized carbons (Fsp3) is 0.636. The van der Waals surface area contributed by atoms with E-state index in [1.165, 1.54) is 4.90 Å². The third-order valence-corrected chi connectivity index (χ3v) is 2.57. The van der Waals surface area contributed by atoms with E-state index in [1.54, 1.807) is 0 Å². The highest BCUT2D eigenvalue weighted by Gasteiger charge is 2.26. The minimum absolute atomic E-state index is 0.0572. The molecule has 16 heavy (non-hydrogen) atoms. The number of nitrogens with one attached hydrogen (secondary N) is 1. The maximum atomic E-state index is 12.0. The number of carboxylic acids is 1. The third kappa shape index (κ3) is 3.55. The van der Waals surface area contributed by atoms with Crippen LogP contribution >= 0.6 is 0 Å². The van der Waals surface area contributed by atoms with E-state index in [0.29, 0.717) is 6.54 Å². The Kier molecular flexibility index (Phi) is 4.80. The Hall–Kier alpha value is -1.54. The molecule has 1 aliphatic heterocycles. The lowest BCUT2D eigenvalue weighted by Gasteiger charge is -2.27. The molecule has 1 heterocycles. The highest BCUT2D eigenvalue weighted by molar-refractivity contribution is 5.83. The van der Waals surface area contributed by atoms with Crippen molar-refractivity contribution in [2.24, 2.45) is 5.92 Å². The van der Waals surface area contributed by atoms with Gasteiger partial charge in [0.25, 0.3) is 0 Å². The number of nitrogens with zero attached hydrogens (tertiary/aromatic N) is 1. The van der Waals surface area contributed by atoms with Gasteiger partial charge < -0.3 is 15.3 Å². The molecule has 1 atom stereocenters. The summed E-state index contributed by atoms with van der Waals surface area (Å²) in [5, 5.41) is 11.8. The Labute approximate surface area is 94.8 Å². The van der Waals surface area contributed by atoms with E-state index in [2.05, 4.69) is 11.2 Å². The molecule has 0 aromatic rings. The van der Waals surface area contributed by atoms with Crippen LogP contribution in [0, 0.1) is 18.3 Å². The van der Waals surface area contributed by atoms with Crippen LogP contribution in [0.1, 0.15) is 12.8 Å². The number of aliphatic carboxylic acids is 1. The van der Waals surface area contributed by atoms with Gasteiger partial charge in [0.1, 0.15) is 6.54 Å². The summed E-state index contributed by atoms with van der Waals surface area (Å²) in [5.41, 5.74) is 0. The Bertz CT molecular complexity index is 303. The summed E-state index contributed by atoms with van der Waals surface area (Å²) in [6, 6.07) is 0. The largest absolute Gasteiger partial charge is 0.480 e. The second kappa shape index (κ2) is 6.13. The number of rotatable bonds is 4. The molecule has 0 radical (unpaired) electrons. The van der Waals surface area contributed by atoms with E-state index >= 15 is 0 Å². The van der Waals surface area contributed by atoms with Crippen molar-refractivity contribution in [3.8, 4) is 12.3 Å². The summed E-state index contributed by atoms with van der Waals surface area (Å²) in [6.45, 7) is 1.26. The van der Waals surface area contributed by atoms with Gasteiger partial charge in [-0.3, -0.25) is 9.59 Å². The molecule has 1 aliphatic rings. The highest BCUT2D eigenvalue weighted by Crippen LogP contribution is 2.13. The first-order valence-electron chi connectivity index (χ1n) is 5.30. The van der Waals surface area contributed by atoms with Gasteiger partial charge in [-0.05, 0) is 19.4 Å². The van der Waals surface area contributed by atoms with Gasteiger partial charge in [0.15, 0.2) is 0 Å². The quantitative estimate of drug-likeness (QED) is 0.634. The number of carboxylic acid groups (broad SMARTS) is 1. The van der Waals surface area contributed by atoms with Gasteiger partial charge in [-0.15, -0.1) is 6.42 Å².